The minimum atomic E-state index is -0.266. The van der Waals surface area contributed by atoms with Crippen LogP contribution in [0.1, 0.15) is 12.8 Å². The molecule has 0 bridgehead atoms. The van der Waals surface area contributed by atoms with Gasteiger partial charge in [0.1, 0.15) is 5.82 Å². The van der Waals surface area contributed by atoms with Gasteiger partial charge in [0.05, 0.1) is 11.4 Å². The number of likely N-dealkylation sites (tertiary alicyclic amines) is 1. The van der Waals surface area contributed by atoms with Crippen LogP contribution < -0.4 is 11.1 Å². The van der Waals surface area contributed by atoms with Gasteiger partial charge in [-0.1, -0.05) is 6.07 Å². The molecule has 1 aliphatic heterocycles. The van der Waals surface area contributed by atoms with Crippen molar-refractivity contribution in [3.8, 4) is 0 Å². The first-order chi connectivity index (χ1) is 8.16. The number of para-hydroxylation sites is 1. The van der Waals surface area contributed by atoms with Crippen LogP contribution >= 0.6 is 0 Å². The molecule has 0 radical (unpaired) electrons. The number of benzene rings is 1. The molecule has 3 nitrogen and oxygen atoms in total. The molecule has 0 aliphatic carbocycles. The molecular formula is C13H20FN3. The molecule has 0 unspecified atom stereocenters. The van der Waals surface area contributed by atoms with Crippen LogP contribution in [0.4, 0.5) is 15.8 Å². The van der Waals surface area contributed by atoms with Gasteiger partial charge in [-0.25, -0.2) is 4.39 Å². The summed E-state index contributed by atoms with van der Waals surface area (Å²) in [4.78, 5) is 2.33. The van der Waals surface area contributed by atoms with E-state index in [4.69, 9.17) is 5.73 Å². The average molecular weight is 237 g/mol. The van der Waals surface area contributed by atoms with Crippen LogP contribution in [-0.2, 0) is 0 Å². The van der Waals surface area contributed by atoms with Crippen molar-refractivity contribution in [1.29, 1.82) is 0 Å². The van der Waals surface area contributed by atoms with Gasteiger partial charge in [-0.3, -0.25) is 0 Å². The minimum absolute atomic E-state index is 0.266. The van der Waals surface area contributed by atoms with Crippen molar-refractivity contribution in [3.05, 3.63) is 24.0 Å². The Balaban J connectivity index is 1.89. The first-order valence-corrected chi connectivity index (χ1v) is 6.13. The number of anilines is 2. The van der Waals surface area contributed by atoms with E-state index in [0.29, 0.717) is 17.3 Å². The Hall–Kier alpha value is -1.29. The number of nitrogens with one attached hydrogen (secondary N) is 1. The van der Waals surface area contributed by atoms with Crippen LogP contribution in [0.15, 0.2) is 18.2 Å². The van der Waals surface area contributed by atoms with E-state index in [1.165, 1.54) is 6.07 Å². The Labute approximate surface area is 102 Å². The summed E-state index contributed by atoms with van der Waals surface area (Å²) < 4.78 is 13.5. The van der Waals surface area contributed by atoms with Crippen molar-refractivity contribution in [2.75, 3.05) is 37.7 Å². The highest BCUT2D eigenvalue weighted by molar-refractivity contribution is 5.66. The standard InChI is InChI=1S/C13H20FN3/c1-17-7-5-10(6-8-17)9-16-13-11(14)3-2-4-12(13)15/h2-4,10,16H,5-9,15H2,1H3. The number of nitrogens with two attached hydrogens (primary N) is 1. The number of nitrogens with zero attached hydrogens (tertiary/aromatic N) is 1. The second-order valence-electron chi connectivity index (χ2n) is 4.83. The minimum Gasteiger partial charge on any atom is -0.397 e. The van der Waals surface area contributed by atoms with Crippen LogP contribution in [0.25, 0.3) is 0 Å². The zero-order valence-electron chi connectivity index (χ0n) is 10.2. The van der Waals surface area contributed by atoms with Gasteiger partial charge in [0.2, 0.25) is 0 Å². The fraction of sp³-hybridized carbons (Fsp3) is 0.538. The first kappa shape index (κ1) is 12.2. The van der Waals surface area contributed by atoms with Gasteiger partial charge in [0.25, 0.3) is 0 Å². The van der Waals surface area contributed by atoms with Gasteiger partial charge in [-0.15, -0.1) is 0 Å². The van der Waals surface area contributed by atoms with E-state index in [1.807, 2.05) is 0 Å². The third-order valence-corrected chi connectivity index (χ3v) is 3.45. The molecule has 0 aromatic heterocycles. The van der Waals surface area contributed by atoms with E-state index in [0.717, 1.165) is 32.5 Å². The zero-order valence-corrected chi connectivity index (χ0v) is 10.2. The molecule has 1 heterocycles. The van der Waals surface area contributed by atoms with Gasteiger partial charge in [0, 0.05) is 6.54 Å². The van der Waals surface area contributed by atoms with Crippen LogP contribution in [-0.4, -0.2) is 31.6 Å². The van der Waals surface area contributed by atoms with Gasteiger partial charge in [-0.05, 0) is 51.0 Å². The van der Waals surface area contributed by atoms with Crippen LogP contribution in [0.2, 0.25) is 0 Å². The Kier molecular flexibility index (Phi) is 3.84. The molecular weight excluding hydrogens is 217 g/mol. The first-order valence-electron chi connectivity index (χ1n) is 6.13. The predicted octanol–water partition coefficient (Wildman–Crippen LogP) is 2.16. The van der Waals surface area contributed by atoms with E-state index in [1.54, 1.807) is 12.1 Å². The molecule has 2 rings (SSSR count). The normalized spacial score (nSPS) is 18.2. The molecule has 3 N–H and O–H groups in total. The molecule has 1 saturated heterocycles. The molecule has 0 spiro atoms. The van der Waals surface area contributed by atoms with E-state index >= 15 is 0 Å². The van der Waals surface area contributed by atoms with Crippen molar-refractivity contribution in [2.24, 2.45) is 5.92 Å². The smallest absolute Gasteiger partial charge is 0.148 e. The third-order valence-electron chi connectivity index (χ3n) is 3.45. The number of halogens is 1. The van der Waals surface area contributed by atoms with Crippen molar-refractivity contribution in [3.63, 3.8) is 0 Å². The molecule has 0 atom stereocenters. The van der Waals surface area contributed by atoms with Gasteiger partial charge < -0.3 is 16.0 Å². The lowest BCUT2D eigenvalue weighted by Crippen LogP contribution is -2.33. The van der Waals surface area contributed by atoms with E-state index in [-0.39, 0.29) is 5.82 Å². The number of hydrogen-bond donors (Lipinski definition) is 2. The molecule has 0 saturated carbocycles. The molecule has 1 aromatic rings. The number of hydrogen-bond acceptors (Lipinski definition) is 3. The summed E-state index contributed by atoms with van der Waals surface area (Å²) >= 11 is 0. The van der Waals surface area contributed by atoms with Crippen molar-refractivity contribution in [2.45, 2.75) is 12.8 Å². The van der Waals surface area contributed by atoms with Crippen molar-refractivity contribution < 1.29 is 4.39 Å². The van der Waals surface area contributed by atoms with Crippen molar-refractivity contribution in [1.82, 2.24) is 4.90 Å². The molecule has 94 valence electrons. The maximum atomic E-state index is 13.5. The second-order valence-corrected chi connectivity index (χ2v) is 4.83. The highest BCUT2D eigenvalue weighted by atomic mass is 19.1. The SMILES string of the molecule is CN1CCC(CNc2c(N)cccc2F)CC1. The van der Waals surface area contributed by atoms with E-state index < -0.39 is 0 Å². The maximum absolute atomic E-state index is 13.5. The van der Waals surface area contributed by atoms with Gasteiger partial charge >= 0.3 is 0 Å². The summed E-state index contributed by atoms with van der Waals surface area (Å²) in [5, 5.41) is 3.15. The van der Waals surface area contributed by atoms with Gasteiger partial charge in [-0.2, -0.15) is 0 Å². The number of rotatable bonds is 3. The van der Waals surface area contributed by atoms with E-state index in [2.05, 4.69) is 17.3 Å². The summed E-state index contributed by atoms with van der Waals surface area (Å²) in [5.74, 6) is 0.350. The lowest BCUT2D eigenvalue weighted by atomic mass is 9.97. The maximum Gasteiger partial charge on any atom is 0.148 e. The van der Waals surface area contributed by atoms with Crippen molar-refractivity contribution >= 4 is 11.4 Å². The Morgan fingerprint density at radius 1 is 1.41 bits per heavy atom. The summed E-state index contributed by atoms with van der Waals surface area (Å²) in [7, 11) is 2.14. The topological polar surface area (TPSA) is 41.3 Å². The molecule has 1 aliphatic rings. The number of nitrogen functional groups attached to an aromatic ring is 1. The largest absolute Gasteiger partial charge is 0.397 e. The molecule has 4 heteroatoms. The fourth-order valence-electron chi connectivity index (χ4n) is 2.24. The molecule has 17 heavy (non-hydrogen) atoms. The lowest BCUT2D eigenvalue weighted by Gasteiger charge is -2.29. The summed E-state index contributed by atoms with van der Waals surface area (Å²) in [6.45, 7) is 3.05. The Morgan fingerprint density at radius 2 is 2.12 bits per heavy atom. The lowest BCUT2D eigenvalue weighted by molar-refractivity contribution is 0.226. The Morgan fingerprint density at radius 3 is 2.76 bits per heavy atom. The highest BCUT2D eigenvalue weighted by Crippen LogP contribution is 2.23. The number of piperidine rings is 1. The van der Waals surface area contributed by atoms with Crippen LogP contribution in [0.5, 0.6) is 0 Å². The summed E-state index contributed by atoms with van der Waals surface area (Å²) in [6, 6.07) is 4.79. The molecule has 1 aromatic carbocycles. The quantitative estimate of drug-likeness (QED) is 0.792. The predicted molar refractivity (Wildman–Crippen MR) is 69.5 cm³/mol. The fourth-order valence-corrected chi connectivity index (χ4v) is 2.24. The summed E-state index contributed by atoms with van der Waals surface area (Å²) in [5.41, 5.74) is 6.68. The third kappa shape index (κ3) is 3.09. The molecule has 0 amide bonds. The van der Waals surface area contributed by atoms with Crippen LogP contribution in [0.3, 0.4) is 0 Å². The Bertz CT molecular complexity index is 353. The van der Waals surface area contributed by atoms with Crippen LogP contribution in [0, 0.1) is 11.7 Å². The van der Waals surface area contributed by atoms with Gasteiger partial charge in [0.15, 0.2) is 0 Å². The highest BCUT2D eigenvalue weighted by Gasteiger charge is 2.17. The second kappa shape index (κ2) is 5.36. The van der Waals surface area contributed by atoms with E-state index in [9.17, 15) is 4.39 Å². The molecule has 1 fully saturated rings. The average Bonchev–Trinajstić information content (AvgIpc) is 2.31. The summed E-state index contributed by atoms with van der Waals surface area (Å²) in [6.07, 6.45) is 2.33. The monoisotopic (exact) mass is 237 g/mol. The zero-order chi connectivity index (χ0) is 12.3.